The maximum atomic E-state index is 6.30. The van der Waals surface area contributed by atoms with Gasteiger partial charge in [-0.05, 0) is 31.2 Å². The number of nitrogens with one attached hydrogen (secondary N) is 1. The molecule has 4 heteroatoms. The van der Waals surface area contributed by atoms with Gasteiger partial charge in [-0.2, -0.15) is 5.10 Å². The lowest BCUT2D eigenvalue weighted by Crippen LogP contribution is -2.24. The van der Waals surface area contributed by atoms with Crippen molar-refractivity contribution in [2.45, 2.75) is 26.3 Å². The van der Waals surface area contributed by atoms with Gasteiger partial charge in [-0.3, -0.25) is 4.68 Å². The maximum absolute atomic E-state index is 6.30. The monoisotopic (exact) mass is 277 g/mol. The molecule has 2 rings (SSSR count). The second kappa shape index (κ2) is 6.22. The summed E-state index contributed by atoms with van der Waals surface area (Å²) in [5.74, 6) is 0. The highest BCUT2D eigenvalue weighted by molar-refractivity contribution is 6.31. The van der Waals surface area contributed by atoms with Crippen molar-refractivity contribution in [3.8, 4) is 0 Å². The van der Waals surface area contributed by atoms with Gasteiger partial charge >= 0.3 is 0 Å². The predicted molar refractivity (Wildman–Crippen MR) is 79.5 cm³/mol. The van der Waals surface area contributed by atoms with Gasteiger partial charge in [0.25, 0.3) is 0 Å². The highest BCUT2D eigenvalue weighted by Gasteiger charge is 2.16. The van der Waals surface area contributed by atoms with Gasteiger partial charge in [0.15, 0.2) is 0 Å². The molecule has 0 spiro atoms. The number of benzene rings is 1. The standard InChI is InChI=1S/C15H20ClN3/c1-4-17-15(13-7-5-6-8-14(13)16)10-12-9-11(2)18-19(12)3/h5-9,15,17H,4,10H2,1-3H3. The Labute approximate surface area is 119 Å². The van der Waals surface area contributed by atoms with Crippen LogP contribution in [0.1, 0.15) is 29.9 Å². The van der Waals surface area contributed by atoms with E-state index in [-0.39, 0.29) is 6.04 Å². The summed E-state index contributed by atoms with van der Waals surface area (Å²) in [6.45, 7) is 5.03. The third-order valence-corrected chi connectivity index (χ3v) is 3.59. The van der Waals surface area contributed by atoms with Crippen molar-refractivity contribution in [3.63, 3.8) is 0 Å². The van der Waals surface area contributed by atoms with E-state index in [2.05, 4.69) is 29.5 Å². The number of aromatic nitrogens is 2. The molecule has 102 valence electrons. The molecule has 2 aromatic rings. The first-order chi connectivity index (χ1) is 9.11. The Morgan fingerprint density at radius 2 is 2.11 bits per heavy atom. The quantitative estimate of drug-likeness (QED) is 0.909. The molecule has 0 aliphatic carbocycles. The maximum Gasteiger partial charge on any atom is 0.0596 e. The first kappa shape index (κ1) is 14.1. The highest BCUT2D eigenvalue weighted by Crippen LogP contribution is 2.25. The molecule has 0 bridgehead atoms. The third-order valence-electron chi connectivity index (χ3n) is 3.24. The van der Waals surface area contributed by atoms with Crippen molar-refractivity contribution in [2.75, 3.05) is 6.54 Å². The van der Waals surface area contributed by atoms with E-state index >= 15 is 0 Å². The average molecular weight is 278 g/mol. The smallest absolute Gasteiger partial charge is 0.0596 e. The zero-order valence-corrected chi connectivity index (χ0v) is 12.4. The van der Waals surface area contributed by atoms with Gasteiger partial charge in [-0.15, -0.1) is 0 Å². The molecular weight excluding hydrogens is 258 g/mol. The second-order valence-electron chi connectivity index (χ2n) is 4.74. The molecule has 19 heavy (non-hydrogen) atoms. The lowest BCUT2D eigenvalue weighted by Gasteiger charge is -2.19. The SMILES string of the molecule is CCNC(Cc1cc(C)nn1C)c1ccccc1Cl. The molecule has 1 unspecified atom stereocenters. The van der Waals surface area contributed by atoms with Crippen LogP contribution in [0.25, 0.3) is 0 Å². The van der Waals surface area contributed by atoms with Crippen molar-refractivity contribution in [1.29, 1.82) is 0 Å². The van der Waals surface area contributed by atoms with Crippen molar-refractivity contribution < 1.29 is 0 Å². The van der Waals surface area contributed by atoms with E-state index in [4.69, 9.17) is 11.6 Å². The molecule has 0 fully saturated rings. The number of halogens is 1. The first-order valence-electron chi connectivity index (χ1n) is 6.59. The molecule has 1 heterocycles. The van der Waals surface area contributed by atoms with Crippen LogP contribution >= 0.6 is 11.6 Å². The Morgan fingerprint density at radius 3 is 2.68 bits per heavy atom. The summed E-state index contributed by atoms with van der Waals surface area (Å²) in [7, 11) is 1.98. The Morgan fingerprint density at radius 1 is 1.37 bits per heavy atom. The minimum Gasteiger partial charge on any atom is -0.310 e. The lowest BCUT2D eigenvalue weighted by atomic mass is 10.0. The van der Waals surface area contributed by atoms with Gasteiger partial charge in [0.2, 0.25) is 0 Å². The Bertz CT molecular complexity index is 548. The van der Waals surface area contributed by atoms with Crippen molar-refractivity contribution in [3.05, 3.63) is 52.3 Å². The fraction of sp³-hybridized carbons (Fsp3) is 0.400. The zero-order valence-electron chi connectivity index (χ0n) is 11.7. The Hall–Kier alpha value is -1.32. The van der Waals surface area contributed by atoms with Gasteiger partial charge in [0, 0.05) is 30.2 Å². The summed E-state index contributed by atoms with van der Waals surface area (Å²) in [6, 6.07) is 10.4. The zero-order chi connectivity index (χ0) is 13.8. The first-order valence-corrected chi connectivity index (χ1v) is 6.97. The van der Waals surface area contributed by atoms with Crippen LogP contribution in [0.4, 0.5) is 0 Å². The van der Waals surface area contributed by atoms with Crippen LogP contribution in [0.2, 0.25) is 5.02 Å². The molecule has 0 saturated heterocycles. The fourth-order valence-electron chi connectivity index (χ4n) is 2.36. The van der Waals surface area contributed by atoms with Gasteiger partial charge < -0.3 is 5.32 Å². The highest BCUT2D eigenvalue weighted by atomic mass is 35.5. The van der Waals surface area contributed by atoms with E-state index in [1.54, 1.807) is 0 Å². The number of hydrogen-bond donors (Lipinski definition) is 1. The number of hydrogen-bond acceptors (Lipinski definition) is 2. The Balaban J connectivity index is 2.26. The minimum atomic E-state index is 0.216. The van der Waals surface area contributed by atoms with Crippen LogP contribution in [-0.2, 0) is 13.5 Å². The molecule has 1 aromatic carbocycles. The van der Waals surface area contributed by atoms with Gasteiger partial charge in [-0.1, -0.05) is 36.7 Å². The van der Waals surface area contributed by atoms with Crippen LogP contribution in [0, 0.1) is 6.92 Å². The molecular formula is C15H20ClN3. The van der Waals surface area contributed by atoms with Crippen LogP contribution in [0.15, 0.2) is 30.3 Å². The lowest BCUT2D eigenvalue weighted by molar-refractivity contribution is 0.529. The van der Waals surface area contributed by atoms with Gasteiger partial charge in [-0.25, -0.2) is 0 Å². The van der Waals surface area contributed by atoms with E-state index in [0.29, 0.717) is 0 Å². The molecule has 0 radical (unpaired) electrons. The molecule has 1 aromatic heterocycles. The van der Waals surface area contributed by atoms with E-state index in [1.807, 2.05) is 36.9 Å². The van der Waals surface area contributed by atoms with E-state index in [0.717, 1.165) is 29.2 Å². The summed E-state index contributed by atoms with van der Waals surface area (Å²) in [6.07, 6.45) is 0.884. The topological polar surface area (TPSA) is 29.9 Å². The second-order valence-corrected chi connectivity index (χ2v) is 5.14. The average Bonchev–Trinajstić information content (AvgIpc) is 2.68. The molecule has 0 amide bonds. The molecule has 0 aliphatic heterocycles. The summed E-state index contributed by atoms with van der Waals surface area (Å²) >= 11 is 6.30. The van der Waals surface area contributed by atoms with Crippen LogP contribution in [0.5, 0.6) is 0 Å². The van der Waals surface area contributed by atoms with E-state index in [9.17, 15) is 0 Å². The Kier molecular flexibility index (Phi) is 4.61. The summed E-state index contributed by atoms with van der Waals surface area (Å²) in [5.41, 5.74) is 3.40. The van der Waals surface area contributed by atoms with Crippen LogP contribution < -0.4 is 5.32 Å². The number of rotatable bonds is 5. The largest absolute Gasteiger partial charge is 0.310 e. The van der Waals surface area contributed by atoms with Crippen molar-refractivity contribution in [1.82, 2.24) is 15.1 Å². The normalized spacial score (nSPS) is 12.6. The molecule has 3 nitrogen and oxygen atoms in total. The van der Waals surface area contributed by atoms with E-state index < -0.39 is 0 Å². The number of nitrogens with zero attached hydrogens (tertiary/aromatic N) is 2. The van der Waals surface area contributed by atoms with Gasteiger partial charge in [0.1, 0.15) is 0 Å². The predicted octanol–water partition coefficient (Wildman–Crippen LogP) is 3.28. The number of likely N-dealkylation sites (N-methyl/N-ethyl adjacent to an activating group) is 1. The summed E-state index contributed by atoms with van der Waals surface area (Å²) in [4.78, 5) is 0. The van der Waals surface area contributed by atoms with E-state index in [1.165, 1.54) is 5.69 Å². The number of aryl methyl sites for hydroxylation is 2. The van der Waals surface area contributed by atoms with Crippen molar-refractivity contribution >= 4 is 11.6 Å². The van der Waals surface area contributed by atoms with Crippen LogP contribution in [-0.4, -0.2) is 16.3 Å². The van der Waals surface area contributed by atoms with Crippen molar-refractivity contribution in [2.24, 2.45) is 7.05 Å². The molecule has 1 N–H and O–H groups in total. The molecule has 0 aliphatic rings. The molecule has 0 saturated carbocycles. The van der Waals surface area contributed by atoms with Crippen LogP contribution in [0.3, 0.4) is 0 Å². The summed E-state index contributed by atoms with van der Waals surface area (Å²) in [5, 5.41) is 8.71. The van der Waals surface area contributed by atoms with Gasteiger partial charge in [0.05, 0.1) is 5.69 Å². The third kappa shape index (κ3) is 3.37. The fourth-order valence-corrected chi connectivity index (χ4v) is 2.63. The minimum absolute atomic E-state index is 0.216. The summed E-state index contributed by atoms with van der Waals surface area (Å²) < 4.78 is 1.94. The molecule has 1 atom stereocenters.